The van der Waals surface area contributed by atoms with E-state index >= 15 is 0 Å². The summed E-state index contributed by atoms with van der Waals surface area (Å²) in [6, 6.07) is -2.52. The second-order valence-electron chi connectivity index (χ2n) is 4.91. The molecule has 0 atom stereocenters. The molecular weight excluding hydrogens is 303 g/mol. The van der Waals surface area contributed by atoms with Crippen molar-refractivity contribution in [2.24, 2.45) is 0 Å². The third-order valence-electron chi connectivity index (χ3n) is 3.03. The van der Waals surface area contributed by atoms with Gasteiger partial charge in [-0.1, -0.05) is 76.5 Å². The summed E-state index contributed by atoms with van der Waals surface area (Å²) >= 11 is 17.2. The van der Waals surface area contributed by atoms with Crippen molar-refractivity contribution in [3.8, 4) is 0 Å². The van der Waals surface area contributed by atoms with Crippen LogP contribution in [-0.4, -0.2) is 6.00 Å². The molecule has 0 unspecified atom stereocenters. The van der Waals surface area contributed by atoms with E-state index in [4.69, 9.17) is 33.2 Å². The van der Waals surface area contributed by atoms with Crippen LogP contribution in [0.25, 0.3) is 0 Å². The van der Waals surface area contributed by atoms with E-state index < -0.39 is 6.00 Å². The van der Waals surface area contributed by atoms with Gasteiger partial charge in [-0.05, 0) is 12.8 Å². The van der Waals surface area contributed by atoms with Gasteiger partial charge in [0.1, 0.15) is 0 Å². The predicted octanol–water partition coefficient (Wildman–Crippen LogP) is 7.05. The minimum Gasteiger partial charge on any atom is -0.121 e. The van der Waals surface area contributed by atoms with Crippen LogP contribution >= 0.6 is 33.2 Å². The topological polar surface area (TPSA) is 0 Å². The van der Waals surface area contributed by atoms with Crippen molar-refractivity contribution >= 4 is 39.2 Å². The monoisotopic (exact) mass is 328 g/mol. The van der Waals surface area contributed by atoms with Gasteiger partial charge >= 0.3 is 6.00 Å². The number of hydrogen-bond acceptors (Lipinski definition) is 0. The van der Waals surface area contributed by atoms with Crippen LogP contribution in [0.15, 0.2) is 11.8 Å². The Bertz CT molecular complexity index is 200. The second kappa shape index (κ2) is 12.8. The van der Waals surface area contributed by atoms with E-state index in [0.717, 1.165) is 6.42 Å². The molecule has 0 heterocycles. The summed E-state index contributed by atoms with van der Waals surface area (Å²) in [5.41, 5.74) is 1.78. The molecular formula is C14H27Cl3Si. The zero-order chi connectivity index (χ0) is 13.7. The van der Waals surface area contributed by atoms with Gasteiger partial charge in [-0.2, -0.15) is 0 Å². The maximum atomic E-state index is 5.75. The van der Waals surface area contributed by atoms with Crippen molar-refractivity contribution in [1.29, 1.82) is 0 Å². The van der Waals surface area contributed by atoms with Gasteiger partial charge in [0.2, 0.25) is 0 Å². The molecule has 0 N–H and O–H groups in total. The van der Waals surface area contributed by atoms with Crippen molar-refractivity contribution in [3.05, 3.63) is 11.8 Å². The smallest absolute Gasteiger partial charge is 0.121 e. The largest absolute Gasteiger partial charge is 0.365 e. The minimum absolute atomic E-state index is 1.05. The molecule has 0 aliphatic carbocycles. The van der Waals surface area contributed by atoms with Crippen LogP contribution in [0.4, 0.5) is 0 Å². The average Bonchev–Trinajstić information content (AvgIpc) is 2.29. The van der Waals surface area contributed by atoms with Gasteiger partial charge in [0.05, 0.1) is 0 Å². The van der Waals surface area contributed by atoms with Crippen molar-refractivity contribution < 1.29 is 0 Å². The molecule has 0 aromatic heterocycles. The van der Waals surface area contributed by atoms with E-state index in [2.05, 4.69) is 6.92 Å². The third-order valence-corrected chi connectivity index (χ3v) is 4.78. The summed E-state index contributed by atoms with van der Waals surface area (Å²) < 4.78 is 0. The average molecular weight is 330 g/mol. The Morgan fingerprint density at radius 2 is 1.17 bits per heavy atom. The van der Waals surface area contributed by atoms with E-state index in [1.807, 2.05) is 6.08 Å². The van der Waals surface area contributed by atoms with Crippen LogP contribution in [0.1, 0.15) is 77.6 Å². The normalized spacial score (nSPS) is 12.4. The Hall–Kier alpha value is 0.827. The molecule has 0 saturated carbocycles. The van der Waals surface area contributed by atoms with Gasteiger partial charge in [-0.3, -0.25) is 0 Å². The maximum absolute atomic E-state index is 5.75. The molecule has 0 nitrogen and oxygen atoms in total. The van der Waals surface area contributed by atoms with Crippen LogP contribution in [0, 0.1) is 0 Å². The highest BCUT2D eigenvalue weighted by Crippen LogP contribution is 2.21. The van der Waals surface area contributed by atoms with E-state index in [1.54, 1.807) is 5.70 Å². The van der Waals surface area contributed by atoms with Crippen molar-refractivity contribution in [2.45, 2.75) is 77.6 Å². The molecule has 0 rings (SSSR count). The molecule has 18 heavy (non-hydrogen) atoms. The quantitative estimate of drug-likeness (QED) is 0.204. The molecule has 0 radical (unpaired) electrons. The summed E-state index contributed by atoms with van der Waals surface area (Å²) in [6.45, 7) is 2.26. The molecule has 0 aromatic carbocycles. The highest BCUT2D eigenvalue weighted by Gasteiger charge is 2.19. The van der Waals surface area contributed by atoms with E-state index in [1.165, 1.54) is 64.2 Å². The van der Waals surface area contributed by atoms with Gasteiger partial charge in [0.15, 0.2) is 0 Å². The van der Waals surface area contributed by atoms with E-state index in [0.29, 0.717) is 0 Å². The molecule has 0 fully saturated rings. The minimum atomic E-state index is -2.52. The first-order valence-corrected chi connectivity index (χ1v) is 12.4. The number of allylic oxidation sites excluding steroid dienone is 1. The number of halogens is 3. The van der Waals surface area contributed by atoms with Gasteiger partial charge in [-0.15, -0.1) is 33.2 Å². The highest BCUT2D eigenvalue weighted by molar-refractivity contribution is 7.66. The SMILES string of the molecule is CCCCCCCCCCCCC=C[Si](Cl)(Cl)Cl. The summed E-state index contributed by atoms with van der Waals surface area (Å²) in [4.78, 5) is 0. The van der Waals surface area contributed by atoms with Gasteiger partial charge in [-0.25, -0.2) is 0 Å². The summed E-state index contributed by atoms with van der Waals surface area (Å²) in [5, 5.41) is 0. The fourth-order valence-electron chi connectivity index (χ4n) is 1.97. The Morgan fingerprint density at radius 1 is 0.722 bits per heavy atom. The first kappa shape index (κ1) is 18.8. The number of rotatable bonds is 12. The number of hydrogen-bond donors (Lipinski definition) is 0. The first-order valence-electron chi connectivity index (χ1n) is 7.30. The van der Waals surface area contributed by atoms with Crippen LogP contribution in [0.2, 0.25) is 0 Å². The predicted molar refractivity (Wildman–Crippen MR) is 88.9 cm³/mol. The second-order valence-corrected chi connectivity index (χ2v) is 13.4. The Labute approximate surface area is 128 Å². The summed E-state index contributed by atoms with van der Waals surface area (Å²) in [5.74, 6) is 0. The summed E-state index contributed by atoms with van der Waals surface area (Å²) in [6.07, 6.45) is 16.8. The molecule has 108 valence electrons. The molecule has 0 aliphatic rings. The lowest BCUT2D eigenvalue weighted by Gasteiger charge is -2.01. The van der Waals surface area contributed by atoms with Crippen LogP contribution < -0.4 is 0 Å². The van der Waals surface area contributed by atoms with E-state index in [9.17, 15) is 0 Å². The van der Waals surface area contributed by atoms with Crippen molar-refractivity contribution in [2.75, 3.05) is 0 Å². The maximum Gasteiger partial charge on any atom is 0.365 e. The van der Waals surface area contributed by atoms with Crippen LogP contribution in [0.3, 0.4) is 0 Å². The van der Waals surface area contributed by atoms with Gasteiger partial charge in [0.25, 0.3) is 0 Å². The Kier molecular flexibility index (Phi) is 13.4. The van der Waals surface area contributed by atoms with Crippen LogP contribution in [-0.2, 0) is 0 Å². The molecule has 0 spiro atoms. The highest BCUT2D eigenvalue weighted by atomic mass is 35.8. The van der Waals surface area contributed by atoms with Gasteiger partial charge < -0.3 is 0 Å². The molecule has 0 saturated heterocycles. The van der Waals surface area contributed by atoms with Crippen molar-refractivity contribution in [3.63, 3.8) is 0 Å². The lowest BCUT2D eigenvalue weighted by molar-refractivity contribution is 0.557. The lowest BCUT2D eigenvalue weighted by atomic mass is 10.1. The van der Waals surface area contributed by atoms with Gasteiger partial charge in [0, 0.05) is 0 Å². The summed E-state index contributed by atoms with van der Waals surface area (Å²) in [7, 11) is 0. The van der Waals surface area contributed by atoms with Crippen molar-refractivity contribution in [1.82, 2.24) is 0 Å². The first-order chi connectivity index (χ1) is 8.56. The Balaban J connectivity index is 3.10. The fraction of sp³-hybridized carbons (Fsp3) is 0.857. The molecule has 0 aliphatic heterocycles. The molecule has 0 aromatic rings. The zero-order valence-electron chi connectivity index (χ0n) is 11.6. The van der Waals surface area contributed by atoms with E-state index in [-0.39, 0.29) is 0 Å². The molecule has 4 heteroatoms. The van der Waals surface area contributed by atoms with Crippen LogP contribution in [0.5, 0.6) is 0 Å². The zero-order valence-corrected chi connectivity index (χ0v) is 14.8. The molecule has 0 amide bonds. The number of unbranched alkanes of at least 4 members (excludes halogenated alkanes) is 10. The Morgan fingerprint density at radius 3 is 1.61 bits per heavy atom. The lowest BCUT2D eigenvalue weighted by Crippen LogP contribution is -2.02. The molecule has 0 bridgehead atoms. The standard InChI is InChI=1S/C14H27Cl3Si/c1-2-3-4-5-6-7-8-9-10-11-12-13-14-18(15,16)17/h13-14H,2-12H2,1H3. The fourth-order valence-corrected chi connectivity index (χ4v) is 3.20. The third kappa shape index (κ3) is 16.8.